The van der Waals surface area contributed by atoms with E-state index in [1.807, 2.05) is 42.8 Å². The van der Waals surface area contributed by atoms with Crippen LogP contribution in [0.25, 0.3) is 5.69 Å². The van der Waals surface area contributed by atoms with Gasteiger partial charge in [-0.2, -0.15) is 10.1 Å². The highest BCUT2D eigenvalue weighted by Gasteiger charge is 2.33. The number of nitrogens with zero attached hydrogens (tertiary/aromatic N) is 4. The molecule has 0 aliphatic heterocycles. The van der Waals surface area contributed by atoms with Crippen LogP contribution in [0.2, 0.25) is 0 Å². The summed E-state index contributed by atoms with van der Waals surface area (Å²) in [4.78, 5) is 18.0. The lowest BCUT2D eigenvalue weighted by Crippen LogP contribution is -2.33. The molecule has 162 valence electrons. The van der Waals surface area contributed by atoms with Crippen molar-refractivity contribution in [1.29, 1.82) is 0 Å². The monoisotopic (exact) mass is 483 g/mol. The molecule has 2 aliphatic rings. The second-order valence-electron chi connectivity index (χ2n) is 8.83. The summed E-state index contributed by atoms with van der Waals surface area (Å²) in [5, 5.41) is 12.0. The van der Waals surface area contributed by atoms with Gasteiger partial charge in [0.2, 0.25) is 5.89 Å². The summed E-state index contributed by atoms with van der Waals surface area (Å²) < 4.78 is 8.43. The predicted molar refractivity (Wildman–Crippen MR) is 119 cm³/mol. The number of aromatic nitrogens is 4. The van der Waals surface area contributed by atoms with Crippen LogP contribution >= 0.6 is 15.9 Å². The number of fused-ring (bicyclic) bond motifs is 1. The SMILES string of the molecule is CC(C)C(NC(=O)c1nn(-c2cccc(Br)c2)c2c1CCCC2)c1nc(C2CC2)no1. The van der Waals surface area contributed by atoms with Crippen molar-refractivity contribution in [2.24, 2.45) is 5.92 Å². The molecule has 2 aromatic heterocycles. The molecule has 2 aliphatic carbocycles. The Hall–Kier alpha value is -2.48. The number of halogens is 1. The van der Waals surface area contributed by atoms with E-state index in [1.165, 1.54) is 0 Å². The number of benzene rings is 1. The first-order valence-electron chi connectivity index (χ1n) is 11.0. The van der Waals surface area contributed by atoms with E-state index in [-0.39, 0.29) is 17.9 Å². The van der Waals surface area contributed by atoms with Crippen molar-refractivity contribution in [1.82, 2.24) is 25.2 Å². The molecule has 1 amide bonds. The zero-order chi connectivity index (χ0) is 21.5. The zero-order valence-electron chi connectivity index (χ0n) is 17.8. The van der Waals surface area contributed by atoms with Gasteiger partial charge in [0.1, 0.15) is 6.04 Å². The molecule has 2 heterocycles. The Morgan fingerprint density at radius 3 is 2.81 bits per heavy atom. The Balaban J connectivity index is 1.46. The highest BCUT2D eigenvalue weighted by atomic mass is 79.9. The number of hydrogen-bond donors (Lipinski definition) is 1. The fourth-order valence-electron chi connectivity index (χ4n) is 4.21. The lowest BCUT2D eigenvalue weighted by atomic mass is 9.95. The van der Waals surface area contributed by atoms with Crippen LogP contribution in [0.15, 0.2) is 33.3 Å². The number of nitrogens with one attached hydrogen (secondary N) is 1. The summed E-state index contributed by atoms with van der Waals surface area (Å²) in [5.41, 5.74) is 3.64. The van der Waals surface area contributed by atoms with E-state index >= 15 is 0 Å². The first-order chi connectivity index (χ1) is 15.0. The van der Waals surface area contributed by atoms with E-state index in [0.29, 0.717) is 17.5 Å². The maximum absolute atomic E-state index is 13.4. The molecular weight excluding hydrogens is 458 g/mol. The van der Waals surface area contributed by atoms with Crippen molar-refractivity contribution in [2.75, 3.05) is 0 Å². The quantitative estimate of drug-likeness (QED) is 0.538. The highest BCUT2D eigenvalue weighted by Crippen LogP contribution is 2.39. The van der Waals surface area contributed by atoms with Crippen molar-refractivity contribution in [3.63, 3.8) is 0 Å². The maximum atomic E-state index is 13.4. The van der Waals surface area contributed by atoms with Crippen molar-refractivity contribution >= 4 is 21.8 Å². The average molecular weight is 484 g/mol. The summed E-state index contributed by atoms with van der Waals surface area (Å²) in [6, 6.07) is 7.67. The minimum absolute atomic E-state index is 0.111. The third-order valence-electron chi connectivity index (χ3n) is 6.07. The number of rotatable bonds is 6. The summed E-state index contributed by atoms with van der Waals surface area (Å²) in [6.45, 7) is 4.09. The second kappa shape index (κ2) is 8.22. The lowest BCUT2D eigenvalue weighted by Gasteiger charge is -2.18. The number of hydrogen-bond acceptors (Lipinski definition) is 5. The lowest BCUT2D eigenvalue weighted by molar-refractivity contribution is 0.0907. The summed E-state index contributed by atoms with van der Waals surface area (Å²) in [5.74, 6) is 1.57. The Labute approximate surface area is 189 Å². The Morgan fingerprint density at radius 1 is 1.26 bits per heavy atom. The second-order valence-corrected chi connectivity index (χ2v) is 9.75. The van der Waals surface area contributed by atoms with Gasteiger partial charge in [0, 0.05) is 21.6 Å². The van der Waals surface area contributed by atoms with Gasteiger partial charge in [-0.3, -0.25) is 4.79 Å². The van der Waals surface area contributed by atoms with Crippen LogP contribution in [0, 0.1) is 5.92 Å². The largest absolute Gasteiger partial charge is 0.339 e. The molecule has 7 nitrogen and oxygen atoms in total. The molecule has 0 bridgehead atoms. The van der Waals surface area contributed by atoms with Crippen LogP contribution in [0.3, 0.4) is 0 Å². The van der Waals surface area contributed by atoms with Gasteiger partial charge in [0.15, 0.2) is 11.5 Å². The molecule has 1 unspecified atom stereocenters. The van der Waals surface area contributed by atoms with E-state index in [0.717, 1.165) is 65.8 Å². The number of amides is 1. The van der Waals surface area contributed by atoms with Gasteiger partial charge < -0.3 is 9.84 Å². The van der Waals surface area contributed by atoms with Crippen LogP contribution in [0.5, 0.6) is 0 Å². The van der Waals surface area contributed by atoms with Crippen LogP contribution < -0.4 is 5.32 Å². The molecule has 1 saturated carbocycles. The van der Waals surface area contributed by atoms with E-state index in [9.17, 15) is 4.79 Å². The Morgan fingerprint density at radius 2 is 2.06 bits per heavy atom. The van der Waals surface area contributed by atoms with E-state index in [2.05, 4.69) is 31.4 Å². The van der Waals surface area contributed by atoms with Crippen LogP contribution in [-0.4, -0.2) is 25.8 Å². The minimum Gasteiger partial charge on any atom is -0.339 e. The summed E-state index contributed by atoms with van der Waals surface area (Å²) in [6.07, 6.45) is 6.18. The molecule has 1 fully saturated rings. The zero-order valence-corrected chi connectivity index (χ0v) is 19.4. The van der Waals surface area contributed by atoms with Crippen molar-refractivity contribution in [2.45, 2.75) is 64.3 Å². The molecular formula is C23H26BrN5O2. The highest BCUT2D eigenvalue weighted by molar-refractivity contribution is 9.10. The van der Waals surface area contributed by atoms with Gasteiger partial charge in [0.05, 0.1) is 5.69 Å². The Bertz CT molecular complexity index is 1120. The van der Waals surface area contributed by atoms with Gasteiger partial charge >= 0.3 is 0 Å². The number of carbonyl (C=O) groups is 1. The van der Waals surface area contributed by atoms with Crippen molar-refractivity contribution < 1.29 is 9.32 Å². The third kappa shape index (κ3) is 4.05. The molecule has 1 atom stereocenters. The van der Waals surface area contributed by atoms with E-state index < -0.39 is 0 Å². The molecule has 31 heavy (non-hydrogen) atoms. The van der Waals surface area contributed by atoms with Crippen LogP contribution in [0.1, 0.15) is 85.0 Å². The molecule has 1 aromatic carbocycles. The number of carbonyl (C=O) groups excluding carboxylic acids is 1. The summed E-state index contributed by atoms with van der Waals surface area (Å²) >= 11 is 3.54. The minimum atomic E-state index is -0.345. The van der Waals surface area contributed by atoms with Crippen molar-refractivity contribution in [3.8, 4) is 5.69 Å². The molecule has 0 radical (unpaired) electrons. The molecule has 0 spiro atoms. The van der Waals surface area contributed by atoms with Crippen LogP contribution in [0.4, 0.5) is 0 Å². The topological polar surface area (TPSA) is 85.8 Å². The first kappa shape index (κ1) is 20.4. The molecule has 5 rings (SSSR count). The third-order valence-corrected chi connectivity index (χ3v) is 6.56. The molecule has 3 aromatic rings. The predicted octanol–water partition coefficient (Wildman–Crippen LogP) is 4.90. The molecule has 1 N–H and O–H groups in total. The molecule has 8 heteroatoms. The van der Waals surface area contributed by atoms with Gasteiger partial charge in [-0.15, -0.1) is 0 Å². The maximum Gasteiger partial charge on any atom is 0.272 e. The van der Waals surface area contributed by atoms with E-state index in [4.69, 9.17) is 9.62 Å². The smallest absolute Gasteiger partial charge is 0.272 e. The van der Waals surface area contributed by atoms with Gasteiger partial charge in [0.25, 0.3) is 5.91 Å². The van der Waals surface area contributed by atoms with Crippen LogP contribution in [-0.2, 0) is 12.8 Å². The fourth-order valence-corrected chi connectivity index (χ4v) is 4.59. The van der Waals surface area contributed by atoms with Gasteiger partial charge in [-0.1, -0.05) is 41.0 Å². The normalized spacial score (nSPS) is 16.9. The fraction of sp³-hybridized carbons (Fsp3) is 0.478. The summed E-state index contributed by atoms with van der Waals surface area (Å²) in [7, 11) is 0. The standard InChI is InChI=1S/C23H26BrN5O2/c1-13(2)19(23-26-21(28-31-23)14-10-11-14)25-22(30)20-17-8-3-4-9-18(17)29(27-20)16-7-5-6-15(24)12-16/h5-7,12-14,19H,3-4,8-11H2,1-2H3,(H,25,30). The van der Waals surface area contributed by atoms with Gasteiger partial charge in [-0.25, -0.2) is 4.68 Å². The average Bonchev–Trinajstić information content (AvgIpc) is 3.36. The van der Waals surface area contributed by atoms with Crippen molar-refractivity contribution in [3.05, 3.63) is 57.4 Å². The first-order valence-corrected chi connectivity index (χ1v) is 11.8. The van der Waals surface area contributed by atoms with E-state index in [1.54, 1.807) is 0 Å². The Kier molecular flexibility index (Phi) is 5.42. The molecule has 0 saturated heterocycles. The van der Waals surface area contributed by atoms with Gasteiger partial charge in [-0.05, 0) is 62.6 Å².